The van der Waals surface area contributed by atoms with Crippen LogP contribution >= 0.6 is 0 Å². The number of hydrogen-bond donors (Lipinski definition) is 2. The molecule has 0 heterocycles. The van der Waals surface area contributed by atoms with Gasteiger partial charge in [-0.25, -0.2) is 0 Å². The van der Waals surface area contributed by atoms with Gasteiger partial charge in [0.25, 0.3) is 0 Å². The Morgan fingerprint density at radius 2 is 2.00 bits per heavy atom. The van der Waals surface area contributed by atoms with Crippen molar-refractivity contribution in [3.8, 4) is 0 Å². The van der Waals surface area contributed by atoms with Gasteiger partial charge < -0.3 is 10.6 Å². The van der Waals surface area contributed by atoms with E-state index in [-0.39, 0.29) is 0 Å². The molecule has 1 saturated carbocycles. The average Bonchev–Trinajstić information content (AvgIpc) is 2.85. The standard InChI is InChI=1S/C10H22N2/c1-3-10(5-6-10)9-12-8-4-7-11-2/h11-12H,3-9H2,1-2H3. The summed E-state index contributed by atoms with van der Waals surface area (Å²) in [5, 5.41) is 6.69. The second kappa shape index (κ2) is 4.83. The molecule has 0 saturated heterocycles. The Bertz CT molecular complexity index is 119. The minimum atomic E-state index is 0.708. The normalized spacial score (nSPS) is 19.5. The highest BCUT2D eigenvalue weighted by Crippen LogP contribution is 2.47. The molecular formula is C10H22N2. The molecule has 2 heteroatoms. The fourth-order valence-corrected chi connectivity index (χ4v) is 1.58. The van der Waals surface area contributed by atoms with Gasteiger partial charge in [0, 0.05) is 6.54 Å². The average molecular weight is 170 g/mol. The SMILES string of the molecule is CCC1(CNCCCNC)CC1. The van der Waals surface area contributed by atoms with Crippen LogP contribution in [0.2, 0.25) is 0 Å². The molecule has 0 spiro atoms. The van der Waals surface area contributed by atoms with Crippen molar-refractivity contribution in [3.05, 3.63) is 0 Å². The van der Waals surface area contributed by atoms with E-state index in [0.717, 1.165) is 6.54 Å². The summed E-state index contributed by atoms with van der Waals surface area (Å²) in [6, 6.07) is 0. The van der Waals surface area contributed by atoms with Crippen LogP contribution in [0.3, 0.4) is 0 Å². The first-order chi connectivity index (χ1) is 5.83. The lowest BCUT2D eigenvalue weighted by molar-refractivity contribution is 0.441. The van der Waals surface area contributed by atoms with E-state index in [4.69, 9.17) is 0 Å². The molecule has 1 rings (SSSR count). The maximum Gasteiger partial charge on any atom is 0.000772 e. The van der Waals surface area contributed by atoms with Crippen LogP contribution in [0.1, 0.15) is 32.6 Å². The molecule has 0 aromatic heterocycles. The van der Waals surface area contributed by atoms with Crippen LogP contribution in [-0.4, -0.2) is 26.7 Å². The van der Waals surface area contributed by atoms with Gasteiger partial charge in [0.05, 0.1) is 0 Å². The molecule has 0 amide bonds. The van der Waals surface area contributed by atoms with E-state index in [1.54, 1.807) is 0 Å². The predicted octanol–water partition coefficient (Wildman–Crippen LogP) is 1.38. The first-order valence-electron chi connectivity index (χ1n) is 5.18. The molecule has 1 aliphatic carbocycles. The lowest BCUT2D eigenvalue weighted by Crippen LogP contribution is -2.26. The van der Waals surface area contributed by atoms with E-state index in [9.17, 15) is 0 Å². The maximum atomic E-state index is 3.53. The van der Waals surface area contributed by atoms with Crippen molar-refractivity contribution >= 4 is 0 Å². The number of nitrogens with one attached hydrogen (secondary N) is 2. The van der Waals surface area contributed by atoms with Crippen LogP contribution in [0, 0.1) is 5.41 Å². The van der Waals surface area contributed by atoms with Crippen molar-refractivity contribution in [1.29, 1.82) is 0 Å². The van der Waals surface area contributed by atoms with Gasteiger partial charge in [-0.1, -0.05) is 6.92 Å². The molecule has 72 valence electrons. The smallest absolute Gasteiger partial charge is 0.000772 e. The Balaban J connectivity index is 1.89. The van der Waals surface area contributed by atoms with Crippen molar-refractivity contribution in [3.63, 3.8) is 0 Å². The summed E-state index contributed by atoms with van der Waals surface area (Å²) < 4.78 is 0. The zero-order chi connectivity index (χ0) is 8.86. The van der Waals surface area contributed by atoms with Crippen LogP contribution in [0.4, 0.5) is 0 Å². The van der Waals surface area contributed by atoms with E-state index >= 15 is 0 Å². The van der Waals surface area contributed by atoms with Gasteiger partial charge in [0.2, 0.25) is 0 Å². The van der Waals surface area contributed by atoms with Crippen LogP contribution in [0.15, 0.2) is 0 Å². The summed E-state index contributed by atoms with van der Waals surface area (Å²) in [4.78, 5) is 0. The summed E-state index contributed by atoms with van der Waals surface area (Å²) in [5.74, 6) is 0. The monoisotopic (exact) mass is 170 g/mol. The number of hydrogen-bond acceptors (Lipinski definition) is 2. The minimum absolute atomic E-state index is 0.708. The molecule has 2 N–H and O–H groups in total. The van der Waals surface area contributed by atoms with Gasteiger partial charge in [-0.2, -0.15) is 0 Å². The van der Waals surface area contributed by atoms with Crippen molar-refractivity contribution in [2.75, 3.05) is 26.7 Å². The third kappa shape index (κ3) is 3.11. The van der Waals surface area contributed by atoms with E-state index in [2.05, 4.69) is 17.6 Å². The Kier molecular flexibility index (Phi) is 4.02. The van der Waals surface area contributed by atoms with E-state index < -0.39 is 0 Å². The van der Waals surface area contributed by atoms with E-state index in [0.29, 0.717) is 5.41 Å². The zero-order valence-electron chi connectivity index (χ0n) is 8.45. The summed E-state index contributed by atoms with van der Waals surface area (Å²) in [7, 11) is 2.01. The van der Waals surface area contributed by atoms with Crippen LogP contribution in [-0.2, 0) is 0 Å². The third-order valence-corrected chi connectivity index (χ3v) is 2.99. The summed E-state index contributed by atoms with van der Waals surface area (Å²) in [6.45, 7) is 5.85. The second-order valence-electron chi connectivity index (χ2n) is 3.99. The lowest BCUT2D eigenvalue weighted by Gasteiger charge is -2.12. The summed E-state index contributed by atoms with van der Waals surface area (Å²) >= 11 is 0. The minimum Gasteiger partial charge on any atom is -0.320 e. The first-order valence-corrected chi connectivity index (χ1v) is 5.18. The zero-order valence-corrected chi connectivity index (χ0v) is 8.45. The van der Waals surface area contributed by atoms with Gasteiger partial charge in [-0.15, -0.1) is 0 Å². The molecule has 0 aromatic carbocycles. The number of rotatable bonds is 7. The van der Waals surface area contributed by atoms with Crippen LogP contribution in [0.5, 0.6) is 0 Å². The van der Waals surface area contributed by atoms with Gasteiger partial charge in [0.15, 0.2) is 0 Å². The summed E-state index contributed by atoms with van der Waals surface area (Å²) in [5.41, 5.74) is 0.708. The molecule has 1 aliphatic rings. The Hall–Kier alpha value is -0.0800. The molecule has 2 nitrogen and oxygen atoms in total. The highest BCUT2D eigenvalue weighted by molar-refractivity contribution is 4.93. The Morgan fingerprint density at radius 1 is 1.25 bits per heavy atom. The van der Waals surface area contributed by atoms with Gasteiger partial charge >= 0.3 is 0 Å². The van der Waals surface area contributed by atoms with Crippen LogP contribution in [0.25, 0.3) is 0 Å². The molecule has 0 aliphatic heterocycles. The summed E-state index contributed by atoms with van der Waals surface area (Å²) in [6.07, 6.45) is 5.49. The van der Waals surface area contributed by atoms with Crippen molar-refractivity contribution in [2.45, 2.75) is 32.6 Å². The highest BCUT2D eigenvalue weighted by atomic mass is 14.9. The predicted molar refractivity (Wildman–Crippen MR) is 53.4 cm³/mol. The van der Waals surface area contributed by atoms with Crippen molar-refractivity contribution < 1.29 is 0 Å². The molecule has 0 unspecified atom stereocenters. The lowest BCUT2D eigenvalue weighted by atomic mass is 10.0. The Morgan fingerprint density at radius 3 is 2.50 bits per heavy atom. The molecule has 12 heavy (non-hydrogen) atoms. The van der Waals surface area contributed by atoms with Crippen molar-refractivity contribution in [2.24, 2.45) is 5.41 Å². The quantitative estimate of drug-likeness (QED) is 0.564. The fourth-order valence-electron chi connectivity index (χ4n) is 1.58. The molecule has 0 aromatic rings. The first kappa shape index (κ1) is 10.0. The van der Waals surface area contributed by atoms with Crippen molar-refractivity contribution in [1.82, 2.24) is 10.6 Å². The fraction of sp³-hybridized carbons (Fsp3) is 1.00. The molecular weight excluding hydrogens is 148 g/mol. The van der Waals surface area contributed by atoms with Gasteiger partial charge in [-0.3, -0.25) is 0 Å². The van der Waals surface area contributed by atoms with Crippen LogP contribution < -0.4 is 10.6 Å². The molecule has 1 fully saturated rings. The topological polar surface area (TPSA) is 24.1 Å². The second-order valence-corrected chi connectivity index (χ2v) is 3.99. The third-order valence-electron chi connectivity index (χ3n) is 2.99. The van der Waals surface area contributed by atoms with E-state index in [1.807, 2.05) is 7.05 Å². The van der Waals surface area contributed by atoms with Gasteiger partial charge in [0.1, 0.15) is 0 Å². The largest absolute Gasteiger partial charge is 0.320 e. The Labute approximate surface area is 76.1 Å². The molecule has 0 radical (unpaired) electrons. The molecule has 0 bridgehead atoms. The maximum absolute atomic E-state index is 3.53. The molecule has 0 atom stereocenters. The highest BCUT2D eigenvalue weighted by Gasteiger charge is 2.39. The van der Waals surface area contributed by atoms with Gasteiger partial charge in [-0.05, 0) is 51.2 Å². The van der Waals surface area contributed by atoms with E-state index in [1.165, 1.54) is 38.8 Å².